The van der Waals surface area contributed by atoms with Crippen LogP contribution in [0.15, 0.2) is 30.3 Å². The Hall–Kier alpha value is -2.41. The normalized spacial score (nSPS) is 14.3. The van der Waals surface area contributed by atoms with Gasteiger partial charge in [-0.05, 0) is 43.9 Å². The zero-order valence-corrected chi connectivity index (χ0v) is 11.9. The molecule has 0 saturated carbocycles. The number of aryl methyl sites for hydroxylation is 2. The number of nitrogens with one attached hydrogen (secondary N) is 1. The minimum absolute atomic E-state index is 0.245. The molecule has 3 rings (SSSR count). The Morgan fingerprint density at radius 3 is 2.90 bits per heavy atom. The summed E-state index contributed by atoms with van der Waals surface area (Å²) in [7, 11) is 0. The molecule has 0 bridgehead atoms. The Bertz CT molecular complexity index is 718. The van der Waals surface area contributed by atoms with Crippen molar-refractivity contribution in [3.05, 3.63) is 58.5 Å². The van der Waals surface area contributed by atoms with Crippen molar-refractivity contribution in [2.75, 3.05) is 5.32 Å². The van der Waals surface area contributed by atoms with Gasteiger partial charge in [0, 0.05) is 11.3 Å². The molecule has 0 aliphatic heterocycles. The van der Waals surface area contributed by atoms with E-state index in [1.54, 1.807) is 18.2 Å². The molecule has 1 aliphatic rings. The fourth-order valence-corrected chi connectivity index (χ4v) is 2.78. The van der Waals surface area contributed by atoms with Gasteiger partial charge in [0.25, 0.3) is 0 Å². The molecule has 1 atom stereocenters. The Kier molecular flexibility index (Phi) is 3.57. The molecule has 1 aromatic carbocycles. The van der Waals surface area contributed by atoms with Gasteiger partial charge in [0.2, 0.25) is 0 Å². The summed E-state index contributed by atoms with van der Waals surface area (Å²) in [5, 5.41) is 12.5. The average molecular weight is 281 g/mol. The molecule has 1 aliphatic carbocycles. The molecular weight excluding hydrogens is 265 g/mol. The lowest BCUT2D eigenvalue weighted by Crippen LogP contribution is -2.12. The summed E-state index contributed by atoms with van der Waals surface area (Å²) in [5.41, 5.74) is 3.32. The predicted octanol–water partition coefficient (Wildman–Crippen LogP) is 3.75. The quantitative estimate of drug-likeness (QED) is 0.932. The van der Waals surface area contributed by atoms with E-state index in [0.717, 1.165) is 30.5 Å². The van der Waals surface area contributed by atoms with Gasteiger partial charge in [0.15, 0.2) is 0 Å². The fraction of sp³-hybridized carbons (Fsp3) is 0.294. The Morgan fingerprint density at radius 2 is 2.14 bits per heavy atom. The number of nitriles is 1. The molecule has 106 valence electrons. The van der Waals surface area contributed by atoms with Gasteiger partial charge in [0.05, 0.1) is 11.6 Å². The highest BCUT2D eigenvalue weighted by atomic mass is 19.1. The zero-order chi connectivity index (χ0) is 14.8. The summed E-state index contributed by atoms with van der Waals surface area (Å²) in [4.78, 5) is 4.56. The Morgan fingerprint density at radius 1 is 1.33 bits per heavy atom. The van der Waals surface area contributed by atoms with Crippen LogP contribution < -0.4 is 5.32 Å². The van der Waals surface area contributed by atoms with Gasteiger partial charge in [-0.2, -0.15) is 5.26 Å². The van der Waals surface area contributed by atoms with Crippen molar-refractivity contribution in [2.24, 2.45) is 0 Å². The molecule has 0 radical (unpaired) electrons. The topological polar surface area (TPSA) is 48.7 Å². The van der Waals surface area contributed by atoms with Gasteiger partial charge >= 0.3 is 0 Å². The van der Waals surface area contributed by atoms with E-state index in [0.29, 0.717) is 16.9 Å². The van der Waals surface area contributed by atoms with Crippen LogP contribution in [0.25, 0.3) is 0 Å². The molecule has 4 heteroatoms. The average Bonchev–Trinajstić information content (AvgIpc) is 2.93. The number of rotatable bonds is 3. The van der Waals surface area contributed by atoms with E-state index >= 15 is 0 Å². The summed E-state index contributed by atoms with van der Waals surface area (Å²) in [5.74, 6) is 0.297. The van der Waals surface area contributed by atoms with Crippen molar-refractivity contribution in [3.8, 4) is 6.07 Å². The number of nitrogens with zero attached hydrogens (tertiary/aromatic N) is 2. The predicted molar refractivity (Wildman–Crippen MR) is 79.4 cm³/mol. The van der Waals surface area contributed by atoms with E-state index in [1.165, 1.54) is 6.07 Å². The molecule has 2 aromatic rings. The first-order chi connectivity index (χ1) is 10.2. The molecule has 1 heterocycles. The lowest BCUT2D eigenvalue weighted by molar-refractivity contribution is 0.600. The highest BCUT2D eigenvalue weighted by Gasteiger charge is 2.18. The highest BCUT2D eigenvalue weighted by Crippen LogP contribution is 2.27. The van der Waals surface area contributed by atoms with Crippen LogP contribution in [-0.4, -0.2) is 4.98 Å². The van der Waals surface area contributed by atoms with Crippen LogP contribution in [0.1, 0.15) is 41.8 Å². The van der Waals surface area contributed by atoms with E-state index < -0.39 is 0 Å². The molecule has 0 fully saturated rings. The van der Waals surface area contributed by atoms with Crippen molar-refractivity contribution >= 4 is 5.82 Å². The largest absolute Gasteiger partial charge is 0.362 e. The maximum atomic E-state index is 13.8. The van der Waals surface area contributed by atoms with Crippen LogP contribution in [0.2, 0.25) is 0 Å². The number of anilines is 1. The molecule has 1 aromatic heterocycles. The Labute approximate surface area is 123 Å². The van der Waals surface area contributed by atoms with E-state index in [1.807, 2.05) is 13.0 Å². The van der Waals surface area contributed by atoms with Gasteiger partial charge in [-0.25, -0.2) is 9.37 Å². The van der Waals surface area contributed by atoms with Crippen molar-refractivity contribution in [1.29, 1.82) is 5.26 Å². The van der Waals surface area contributed by atoms with E-state index in [9.17, 15) is 9.65 Å². The first-order valence-electron chi connectivity index (χ1n) is 7.13. The molecular formula is C17H16FN3. The van der Waals surface area contributed by atoms with Crippen LogP contribution >= 0.6 is 0 Å². The summed E-state index contributed by atoms with van der Waals surface area (Å²) < 4.78 is 13.8. The summed E-state index contributed by atoms with van der Waals surface area (Å²) >= 11 is 0. The van der Waals surface area contributed by atoms with E-state index in [4.69, 9.17) is 0 Å². The third kappa shape index (κ3) is 2.59. The lowest BCUT2D eigenvalue weighted by atomic mass is 10.1. The smallest absolute Gasteiger partial charge is 0.144 e. The van der Waals surface area contributed by atoms with Crippen LogP contribution in [0.3, 0.4) is 0 Å². The molecule has 21 heavy (non-hydrogen) atoms. The lowest BCUT2D eigenvalue weighted by Gasteiger charge is -2.17. The van der Waals surface area contributed by atoms with E-state index in [-0.39, 0.29) is 11.9 Å². The number of aromatic nitrogens is 1. The van der Waals surface area contributed by atoms with Gasteiger partial charge in [-0.3, -0.25) is 0 Å². The van der Waals surface area contributed by atoms with Crippen molar-refractivity contribution in [1.82, 2.24) is 4.98 Å². The maximum absolute atomic E-state index is 13.8. The van der Waals surface area contributed by atoms with Gasteiger partial charge in [-0.1, -0.05) is 18.2 Å². The number of halogens is 1. The molecule has 1 unspecified atom stereocenters. The SMILES string of the molecule is CC(Nc1nc2c(cc1C#N)CCC2)c1ccccc1F. The summed E-state index contributed by atoms with van der Waals surface area (Å²) in [6, 6.07) is 10.5. The van der Waals surface area contributed by atoms with Crippen LogP contribution in [0.5, 0.6) is 0 Å². The molecule has 0 amide bonds. The molecule has 1 N–H and O–H groups in total. The molecule has 0 spiro atoms. The van der Waals surface area contributed by atoms with Gasteiger partial charge in [0.1, 0.15) is 17.7 Å². The second-order valence-electron chi connectivity index (χ2n) is 5.34. The Balaban J connectivity index is 1.92. The van der Waals surface area contributed by atoms with Crippen LogP contribution in [0.4, 0.5) is 10.2 Å². The highest BCUT2D eigenvalue weighted by molar-refractivity contribution is 5.56. The second kappa shape index (κ2) is 5.53. The van der Waals surface area contributed by atoms with Crippen LogP contribution in [-0.2, 0) is 12.8 Å². The number of fused-ring (bicyclic) bond motifs is 1. The van der Waals surface area contributed by atoms with Crippen molar-refractivity contribution < 1.29 is 4.39 Å². The number of benzene rings is 1. The van der Waals surface area contributed by atoms with Crippen molar-refractivity contribution in [2.45, 2.75) is 32.2 Å². The third-order valence-corrected chi connectivity index (χ3v) is 3.90. The second-order valence-corrected chi connectivity index (χ2v) is 5.34. The summed E-state index contributed by atoms with van der Waals surface area (Å²) in [6.07, 6.45) is 3.02. The molecule has 3 nitrogen and oxygen atoms in total. The zero-order valence-electron chi connectivity index (χ0n) is 11.9. The summed E-state index contributed by atoms with van der Waals surface area (Å²) in [6.45, 7) is 1.87. The fourth-order valence-electron chi connectivity index (χ4n) is 2.78. The van der Waals surface area contributed by atoms with Gasteiger partial charge < -0.3 is 5.32 Å². The minimum Gasteiger partial charge on any atom is -0.362 e. The number of hydrogen-bond donors (Lipinski definition) is 1. The first-order valence-corrected chi connectivity index (χ1v) is 7.13. The van der Waals surface area contributed by atoms with Crippen LogP contribution in [0, 0.1) is 17.1 Å². The monoisotopic (exact) mass is 281 g/mol. The van der Waals surface area contributed by atoms with Crippen molar-refractivity contribution in [3.63, 3.8) is 0 Å². The number of pyridine rings is 1. The van der Waals surface area contributed by atoms with E-state index in [2.05, 4.69) is 16.4 Å². The number of hydrogen-bond acceptors (Lipinski definition) is 3. The maximum Gasteiger partial charge on any atom is 0.144 e. The first kappa shape index (κ1) is 13.6. The standard InChI is InChI=1S/C17H16FN3/c1-11(14-6-2-3-7-15(14)18)20-17-13(10-19)9-12-5-4-8-16(12)21-17/h2-3,6-7,9,11H,4-5,8H2,1H3,(H,20,21). The third-order valence-electron chi connectivity index (χ3n) is 3.90. The molecule has 0 saturated heterocycles. The van der Waals surface area contributed by atoms with Gasteiger partial charge in [-0.15, -0.1) is 0 Å². The minimum atomic E-state index is -0.253.